The molecule has 0 radical (unpaired) electrons. The Morgan fingerprint density at radius 3 is 1.91 bits per heavy atom. The number of carbonyl (C=O) groups is 2. The number of rotatable bonds is 12. The summed E-state index contributed by atoms with van der Waals surface area (Å²) in [6, 6.07) is 32.9. The fourth-order valence-electron chi connectivity index (χ4n) is 5.90. The van der Waals surface area contributed by atoms with Crippen LogP contribution in [0.5, 0.6) is 0 Å². The van der Waals surface area contributed by atoms with E-state index in [2.05, 4.69) is 81.5 Å². The second-order valence-electron chi connectivity index (χ2n) is 12.6. The number of hydrogen-bond acceptors (Lipinski definition) is 3. The number of carboxylic acids is 1. The highest BCUT2D eigenvalue weighted by molar-refractivity contribution is 6.03. The molecule has 4 aromatic carbocycles. The van der Waals surface area contributed by atoms with E-state index in [9.17, 15) is 14.7 Å². The summed E-state index contributed by atoms with van der Waals surface area (Å²) in [5.41, 5.74) is 7.99. The first-order chi connectivity index (χ1) is 21.2. The molecule has 226 valence electrons. The van der Waals surface area contributed by atoms with E-state index in [0.717, 1.165) is 46.1 Å². The highest BCUT2D eigenvalue weighted by Crippen LogP contribution is 2.30. The third kappa shape index (κ3) is 7.46. The standard InChI is InChI=1S/C39H42N2O3/c1-26(2)22-28-12-16-30(17-13-28)38(31-18-14-29(15-19-31)23-27(3)4)40-34-9-7-8-32(24-34)39(44)41-25-33(20-21-37(42)43)35-10-5-6-11-36(35)41/h5-19,24-27,38,40H,20-23H2,1-4H3,(H,42,43). The van der Waals surface area contributed by atoms with Gasteiger partial charge in [0.25, 0.3) is 5.91 Å². The molecule has 5 aromatic rings. The van der Waals surface area contributed by atoms with Gasteiger partial charge in [0, 0.05) is 29.3 Å². The molecule has 2 N–H and O–H groups in total. The average Bonchev–Trinajstić information content (AvgIpc) is 3.38. The lowest BCUT2D eigenvalue weighted by Gasteiger charge is -2.22. The van der Waals surface area contributed by atoms with Crippen molar-refractivity contribution in [1.82, 2.24) is 4.57 Å². The predicted molar refractivity (Wildman–Crippen MR) is 179 cm³/mol. The quantitative estimate of drug-likeness (QED) is 0.153. The van der Waals surface area contributed by atoms with Crippen molar-refractivity contribution >= 4 is 28.5 Å². The Kier molecular flexibility index (Phi) is 9.64. The summed E-state index contributed by atoms with van der Waals surface area (Å²) in [6.07, 6.45) is 4.25. The Morgan fingerprint density at radius 1 is 0.750 bits per heavy atom. The van der Waals surface area contributed by atoms with Gasteiger partial charge in [-0.2, -0.15) is 0 Å². The number of benzene rings is 4. The summed E-state index contributed by atoms with van der Waals surface area (Å²) in [4.78, 5) is 25.1. The van der Waals surface area contributed by atoms with E-state index >= 15 is 0 Å². The minimum atomic E-state index is -0.856. The van der Waals surface area contributed by atoms with Gasteiger partial charge in [0.2, 0.25) is 0 Å². The molecule has 0 bridgehead atoms. The zero-order valence-electron chi connectivity index (χ0n) is 26.1. The van der Waals surface area contributed by atoms with Gasteiger partial charge < -0.3 is 10.4 Å². The fraction of sp³-hybridized carbons (Fsp3) is 0.282. The topological polar surface area (TPSA) is 71.3 Å². The Balaban J connectivity index is 1.46. The summed E-state index contributed by atoms with van der Waals surface area (Å²) in [5.74, 6) is 0.174. The molecule has 1 heterocycles. The molecule has 0 saturated carbocycles. The van der Waals surface area contributed by atoms with Crippen LogP contribution in [-0.4, -0.2) is 21.6 Å². The normalized spacial score (nSPS) is 11.5. The smallest absolute Gasteiger partial charge is 0.303 e. The van der Waals surface area contributed by atoms with E-state index in [1.54, 1.807) is 10.8 Å². The van der Waals surface area contributed by atoms with Gasteiger partial charge in [-0.25, -0.2) is 0 Å². The Labute approximate surface area is 260 Å². The number of aromatic nitrogens is 1. The summed E-state index contributed by atoms with van der Waals surface area (Å²) < 4.78 is 1.64. The lowest BCUT2D eigenvalue weighted by atomic mass is 9.93. The third-order valence-electron chi connectivity index (χ3n) is 7.96. The molecule has 5 rings (SSSR count). The van der Waals surface area contributed by atoms with E-state index in [0.29, 0.717) is 23.8 Å². The number of fused-ring (bicyclic) bond motifs is 1. The number of nitrogens with one attached hydrogen (secondary N) is 1. The fourth-order valence-corrected chi connectivity index (χ4v) is 5.90. The molecule has 44 heavy (non-hydrogen) atoms. The van der Waals surface area contributed by atoms with Crippen LogP contribution in [0.15, 0.2) is 103 Å². The zero-order valence-corrected chi connectivity index (χ0v) is 26.1. The van der Waals surface area contributed by atoms with E-state index in [1.165, 1.54) is 11.1 Å². The molecule has 0 unspecified atom stereocenters. The minimum absolute atomic E-state index is 0.0138. The van der Waals surface area contributed by atoms with E-state index in [-0.39, 0.29) is 18.4 Å². The number of anilines is 1. The van der Waals surface area contributed by atoms with Crippen molar-refractivity contribution in [2.24, 2.45) is 11.8 Å². The molecule has 0 fully saturated rings. The Hall–Kier alpha value is -4.64. The van der Waals surface area contributed by atoms with Gasteiger partial charge in [-0.3, -0.25) is 14.2 Å². The molecule has 1 aromatic heterocycles. The maximum Gasteiger partial charge on any atom is 0.303 e. The van der Waals surface area contributed by atoms with Crippen LogP contribution in [-0.2, 0) is 24.1 Å². The maximum absolute atomic E-state index is 13.9. The van der Waals surface area contributed by atoms with Crippen LogP contribution in [0.3, 0.4) is 0 Å². The molecule has 0 atom stereocenters. The molecule has 0 aliphatic rings. The second kappa shape index (κ2) is 13.8. The average molecular weight is 587 g/mol. The van der Waals surface area contributed by atoms with Crippen molar-refractivity contribution in [2.45, 2.75) is 59.4 Å². The van der Waals surface area contributed by atoms with Crippen LogP contribution < -0.4 is 5.32 Å². The van der Waals surface area contributed by atoms with Gasteiger partial charge in [-0.1, -0.05) is 100 Å². The molecule has 0 aliphatic heterocycles. The molecule has 0 spiro atoms. The lowest BCUT2D eigenvalue weighted by molar-refractivity contribution is -0.136. The summed E-state index contributed by atoms with van der Waals surface area (Å²) in [7, 11) is 0. The molecule has 5 heteroatoms. The van der Waals surface area contributed by atoms with Gasteiger partial charge in [0.15, 0.2) is 0 Å². The van der Waals surface area contributed by atoms with Gasteiger partial charge >= 0.3 is 5.97 Å². The summed E-state index contributed by atoms with van der Waals surface area (Å²) in [5, 5.41) is 13.9. The summed E-state index contributed by atoms with van der Waals surface area (Å²) in [6.45, 7) is 8.94. The largest absolute Gasteiger partial charge is 0.481 e. The maximum atomic E-state index is 13.9. The first-order valence-electron chi connectivity index (χ1n) is 15.6. The molecule has 5 nitrogen and oxygen atoms in total. The van der Waals surface area contributed by atoms with Crippen molar-refractivity contribution in [1.29, 1.82) is 0 Å². The predicted octanol–water partition coefficient (Wildman–Crippen LogP) is 8.95. The third-order valence-corrected chi connectivity index (χ3v) is 7.96. The Morgan fingerprint density at radius 2 is 1.34 bits per heavy atom. The molecule has 0 aliphatic carbocycles. The first-order valence-corrected chi connectivity index (χ1v) is 15.6. The van der Waals surface area contributed by atoms with Crippen molar-refractivity contribution < 1.29 is 14.7 Å². The van der Waals surface area contributed by atoms with Crippen LogP contribution in [0.25, 0.3) is 10.9 Å². The van der Waals surface area contributed by atoms with Crippen LogP contribution in [0.2, 0.25) is 0 Å². The van der Waals surface area contributed by atoms with Gasteiger partial charge in [0.05, 0.1) is 11.6 Å². The second-order valence-corrected chi connectivity index (χ2v) is 12.6. The number of carbonyl (C=O) groups excluding carboxylic acids is 1. The van der Waals surface area contributed by atoms with E-state index < -0.39 is 5.97 Å². The highest BCUT2D eigenvalue weighted by atomic mass is 16.4. The molecular formula is C39H42N2O3. The number of hydrogen-bond donors (Lipinski definition) is 2. The highest BCUT2D eigenvalue weighted by Gasteiger charge is 2.19. The van der Waals surface area contributed by atoms with Crippen LogP contribution in [0.1, 0.15) is 78.3 Å². The van der Waals surface area contributed by atoms with Crippen LogP contribution in [0, 0.1) is 11.8 Å². The van der Waals surface area contributed by atoms with Crippen molar-refractivity contribution in [3.8, 4) is 0 Å². The molecule has 0 saturated heterocycles. The van der Waals surface area contributed by atoms with Crippen molar-refractivity contribution in [3.63, 3.8) is 0 Å². The van der Waals surface area contributed by atoms with Gasteiger partial charge in [-0.15, -0.1) is 0 Å². The van der Waals surface area contributed by atoms with Gasteiger partial charge in [0.1, 0.15) is 0 Å². The Bertz CT molecular complexity index is 1680. The number of carboxylic acid groups (broad SMARTS) is 1. The number of nitrogens with zero attached hydrogens (tertiary/aromatic N) is 1. The van der Waals surface area contributed by atoms with Crippen molar-refractivity contribution in [2.75, 3.05) is 5.32 Å². The SMILES string of the molecule is CC(C)Cc1ccc(C(Nc2cccc(C(=O)n3cc(CCC(=O)O)c4ccccc43)c2)c2ccc(CC(C)C)cc2)cc1. The summed E-state index contributed by atoms with van der Waals surface area (Å²) >= 11 is 0. The number of para-hydroxylation sites is 1. The molecule has 0 amide bonds. The van der Waals surface area contributed by atoms with Gasteiger partial charge in [-0.05, 0) is 83.2 Å². The lowest BCUT2D eigenvalue weighted by Crippen LogP contribution is -2.14. The van der Waals surface area contributed by atoms with Crippen molar-refractivity contribution in [3.05, 3.63) is 137 Å². The molecular weight excluding hydrogens is 544 g/mol. The van der Waals surface area contributed by atoms with E-state index in [4.69, 9.17) is 0 Å². The van der Waals surface area contributed by atoms with Crippen LogP contribution >= 0.6 is 0 Å². The van der Waals surface area contributed by atoms with E-state index in [1.807, 2.05) is 48.5 Å². The minimum Gasteiger partial charge on any atom is -0.481 e. The first kappa shape index (κ1) is 30.8. The zero-order chi connectivity index (χ0) is 31.2. The van der Waals surface area contributed by atoms with Crippen LogP contribution in [0.4, 0.5) is 5.69 Å². The monoisotopic (exact) mass is 586 g/mol. The number of aliphatic carboxylic acids is 1. The number of aryl methyl sites for hydroxylation is 1.